The number of rotatable bonds is 4. The largest absolute Gasteiger partial charge is 0.475 e. The highest BCUT2D eigenvalue weighted by atomic mass is 16.4. The molecule has 0 bridgehead atoms. The summed E-state index contributed by atoms with van der Waals surface area (Å²) in [4.78, 5) is 27.7. The van der Waals surface area contributed by atoms with Crippen molar-refractivity contribution in [2.24, 2.45) is 0 Å². The van der Waals surface area contributed by atoms with Crippen molar-refractivity contribution in [3.05, 3.63) is 47.7 Å². The number of fused-ring (bicyclic) bond motifs is 2. The molecule has 7 nitrogen and oxygen atoms in total. The highest BCUT2D eigenvalue weighted by Gasteiger charge is 2.15. The fraction of sp³-hybridized carbons (Fsp3) is 0.278. The van der Waals surface area contributed by atoms with Crippen molar-refractivity contribution in [2.75, 3.05) is 5.32 Å². The molecule has 1 amide bonds. The minimum atomic E-state index is -1.12. The lowest BCUT2D eigenvalue weighted by atomic mass is 10.2. The number of furan rings is 1. The number of carbonyl (C=O) groups is 2. The number of benzene rings is 1. The average molecular weight is 339 g/mol. The van der Waals surface area contributed by atoms with Gasteiger partial charge in [0.2, 0.25) is 11.7 Å². The molecule has 2 aromatic heterocycles. The molecule has 0 fully saturated rings. The van der Waals surface area contributed by atoms with Gasteiger partial charge in [-0.05, 0) is 37.1 Å². The number of nitrogens with one attached hydrogen (secondary N) is 1. The van der Waals surface area contributed by atoms with Crippen LogP contribution >= 0.6 is 0 Å². The molecular formula is C18H17N3O4. The molecule has 0 saturated heterocycles. The maximum atomic E-state index is 12.3. The van der Waals surface area contributed by atoms with Crippen molar-refractivity contribution >= 4 is 28.5 Å². The maximum Gasteiger partial charge on any atom is 0.371 e. The third-order valence-corrected chi connectivity index (χ3v) is 4.31. The SMILES string of the molecule is O=C(Cc1cn2c(n1)CCCC2)Nc1ccc2oc(C(=O)O)cc2c1. The summed E-state index contributed by atoms with van der Waals surface area (Å²) in [7, 11) is 0. The fourth-order valence-electron chi connectivity index (χ4n) is 3.15. The number of hydrogen-bond acceptors (Lipinski definition) is 4. The Morgan fingerprint density at radius 3 is 2.96 bits per heavy atom. The Balaban J connectivity index is 1.47. The lowest BCUT2D eigenvalue weighted by Crippen LogP contribution is -2.14. The molecule has 25 heavy (non-hydrogen) atoms. The van der Waals surface area contributed by atoms with E-state index in [2.05, 4.69) is 14.9 Å². The number of hydrogen-bond donors (Lipinski definition) is 2. The van der Waals surface area contributed by atoms with Crippen LogP contribution in [0.1, 0.15) is 34.9 Å². The molecule has 0 aliphatic carbocycles. The molecule has 1 aliphatic rings. The molecule has 128 valence electrons. The first kappa shape index (κ1) is 15.4. The van der Waals surface area contributed by atoms with Crippen molar-refractivity contribution in [3.63, 3.8) is 0 Å². The first-order chi connectivity index (χ1) is 12.1. The molecule has 2 N–H and O–H groups in total. The zero-order chi connectivity index (χ0) is 17.4. The molecule has 3 heterocycles. The second kappa shape index (κ2) is 6.08. The Bertz CT molecular complexity index is 947. The summed E-state index contributed by atoms with van der Waals surface area (Å²) in [5.41, 5.74) is 1.84. The number of carboxylic acid groups (broad SMARTS) is 1. The van der Waals surface area contributed by atoms with E-state index in [0.717, 1.165) is 37.3 Å². The number of aryl methyl sites for hydroxylation is 2. The number of carbonyl (C=O) groups excluding carboxylic acids is 1. The van der Waals surface area contributed by atoms with Gasteiger partial charge in [0.25, 0.3) is 0 Å². The molecule has 0 atom stereocenters. The van der Waals surface area contributed by atoms with Crippen LogP contribution in [0, 0.1) is 0 Å². The Morgan fingerprint density at radius 1 is 1.28 bits per heavy atom. The minimum Gasteiger partial charge on any atom is -0.475 e. The number of carboxylic acids is 1. The fourth-order valence-corrected chi connectivity index (χ4v) is 3.15. The van der Waals surface area contributed by atoms with E-state index in [4.69, 9.17) is 9.52 Å². The van der Waals surface area contributed by atoms with Crippen LogP contribution in [0.5, 0.6) is 0 Å². The quantitative estimate of drug-likeness (QED) is 0.762. The molecule has 1 aliphatic heterocycles. The van der Waals surface area contributed by atoms with Crippen LogP contribution in [0.25, 0.3) is 11.0 Å². The second-order valence-corrected chi connectivity index (χ2v) is 6.19. The molecule has 0 radical (unpaired) electrons. The van der Waals surface area contributed by atoms with Gasteiger partial charge in [0.05, 0.1) is 12.1 Å². The number of aromatic carboxylic acids is 1. The maximum absolute atomic E-state index is 12.3. The summed E-state index contributed by atoms with van der Waals surface area (Å²) in [5.74, 6) is -0.348. The van der Waals surface area contributed by atoms with E-state index in [0.29, 0.717) is 16.7 Å². The lowest BCUT2D eigenvalue weighted by molar-refractivity contribution is -0.115. The molecule has 4 rings (SSSR count). The Kier molecular flexibility index (Phi) is 3.76. The molecule has 0 unspecified atom stereocenters. The van der Waals surface area contributed by atoms with E-state index >= 15 is 0 Å². The van der Waals surface area contributed by atoms with Gasteiger partial charge in [-0.25, -0.2) is 9.78 Å². The summed E-state index contributed by atoms with van der Waals surface area (Å²) in [6.45, 7) is 0.965. The van der Waals surface area contributed by atoms with Crippen LogP contribution in [0.2, 0.25) is 0 Å². The number of nitrogens with zero attached hydrogens (tertiary/aromatic N) is 2. The first-order valence-corrected chi connectivity index (χ1v) is 8.20. The topological polar surface area (TPSA) is 97.4 Å². The third-order valence-electron chi connectivity index (χ3n) is 4.31. The lowest BCUT2D eigenvalue weighted by Gasteiger charge is -2.11. The predicted octanol–water partition coefficient (Wildman–Crippen LogP) is 2.85. The van der Waals surface area contributed by atoms with E-state index in [-0.39, 0.29) is 18.1 Å². The predicted molar refractivity (Wildman–Crippen MR) is 90.7 cm³/mol. The number of anilines is 1. The van der Waals surface area contributed by atoms with Crippen LogP contribution in [0.15, 0.2) is 34.9 Å². The molecule has 1 aromatic carbocycles. The van der Waals surface area contributed by atoms with Gasteiger partial charge >= 0.3 is 5.97 Å². The average Bonchev–Trinajstić information content (AvgIpc) is 3.17. The van der Waals surface area contributed by atoms with Gasteiger partial charge in [-0.3, -0.25) is 4.79 Å². The van der Waals surface area contributed by atoms with E-state index in [1.165, 1.54) is 6.07 Å². The minimum absolute atomic E-state index is 0.123. The van der Waals surface area contributed by atoms with Gasteiger partial charge in [0.1, 0.15) is 11.4 Å². The van der Waals surface area contributed by atoms with Crippen LogP contribution in [-0.2, 0) is 24.2 Å². The van der Waals surface area contributed by atoms with Gasteiger partial charge < -0.3 is 19.4 Å². The zero-order valence-corrected chi connectivity index (χ0v) is 13.5. The normalized spacial score (nSPS) is 13.6. The molecule has 3 aromatic rings. The number of aromatic nitrogens is 2. The summed E-state index contributed by atoms with van der Waals surface area (Å²) in [6, 6.07) is 6.47. The molecule has 0 saturated carbocycles. The van der Waals surface area contributed by atoms with Crippen LogP contribution in [-0.4, -0.2) is 26.5 Å². The van der Waals surface area contributed by atoms with E-state index in [9.17, 15) is 9.59 Å². The van der Waals surface area contributed by atoms with E-state index in [1.54, 1.807) is 18.2 Å². The van der Waals surface area contributed by atoms with Gasteiger partial charge in [-0.2, -0.15) is 0 Å². The Morgan fingerprint density at radius 2 is 2.16 bits per heavy atom. The van der Waals surface area contributed by atoms with Gasteiger partial charge in [0, 0.05) is 30.2 Å². The zero-order valence-electron chi connectivity index (χ0n) is 13.5. The van der Waals surface area contributed by atoms with E-state index in [1.807, 2.05) is 6.20 Å². The Labute approximate surface area is 143 Å². The monoisotopic (exact) mass is 339 g/mol. The summed E-state index contributed by atoms with van der Waals surface area (Å²) < 4.78 is 7.33. The van der Waals surface area contributed by atoms with Crippen LogP contribution in [0.4, 0.5) is 5.69 Å². The second-order valence-electron chi connectivity index (χ2n) is 6.19. The van der Waals surface area contributed by atoms with Gasteiger partial charge in [0.15, 0.2) is 0 Å². The summed E-state index contributed by atoms with van der Waals surface area (Å²) >= 11 is 0. The standard InChI is InChI=1S/C18H17N3O4/c22-17(9-13-10-21-6-2-1-3-16(21)19-13)20-12-4-5-14-11(7-12)8-15(25-14)18(23)24/h4-5,7-8,10H,1-3,6,9H2,(H,20,22)(H,23,24). The highest BCUT2D eigenvalue weighted by Crippen LogP contribution is 2.23. The van der Waals surface area contributed by atoms with Crippen molar-refractivity contribution in [2.45, 2.75) is 32.2 Å². The number of amides is 1. The molecular weight excluding hydrogens is 322 g/mol. The summed E-state index contributed by atoms with van der Waals surface area (Å²) in [5, 5.41) is 12.4. The van der Waals surface area contributed by atoms with Crippen LogP contribution < -0.4 is 5.32 Å². The molecule has 0 spiro atoms. The van der Waals surface area contributed by atoms with Gasteiger partial charge in [-0.15, -0.1) is 0 Å². The smallest absolute Gasteiger partial charge is 0.371 e. The van der Waals surface area contributed by atoms with E-state index < -0.39 is 5.97 Å². The van der Waals surface area contributed by atoms with Crippen molar-refractivity contribution < 1.29 is 19.1 Å². The van der Waals surface area contributed by atoms with Crippen molar-refractivity contribution in [1.82, 2.24) is 9.55 Å². The highest BCUT2D eigenvalue weighted by molar-refractivity contribution is 5.96. The van der Waals surface area contributed by atoms with Crippen molar-refractivity contribution in [3.8, 4) is 0 Å². The first-order valence-electron chi connectivity index (χ1n) is 8.20. The number of imidazole rings is 1. The van der Waals surface area contributed by atoms with Gasteiger partial charge in [-0.1, -0.05) is 0 Å². The molecule has 7 heteroatoms. The Hall–Kier alpha value is -3.09. The summed E-state index contributed by atoms with van der Waals surface area (Å²) in [6.07, 6.45) is 5.42. The van der Waals surface area contributed by atoms with Crippen LogP contribution in [0.3, 0.4) is 0 Å². The third kappa shape index (κ3) is 3.13. The van der Waals surface area contributed by atoms with Crippen molar-refractivity contribution in [1.29, 1.82) is 0 Å².